The fourth-order valence-corrected chi connectivity index (χ4v) is 3.94. The van der Waals surface area contributed by atoms with Crippen molar-refractivity contribution >= 4 is 34.1 Å². The van der Waals surface area contributed by atoms with E-state index in [-0.39, 0.29) is 0 Å². The van der Waals surface area contributed by atoms with Gasteiger partial charge in [-0.2, -0.15) is 0 Å². The van der Waals surface area contributed by atoms with Gasteiger partial charge in [0, 0.05) is 53.7 Å². The molecule has 1 saturated heterocycles. The number of hydrogen-bond acceptors (Lipinski definition) is 4. The summed E-state index contributed by atoms with van der Waals surface area (Å²) in [7, 11) is 2.13. The predicted octanol–water partition coefficient (Wildman–Crippen LogP) is 4.49. The number of likely N-dealkylation sites (N-methyl/N-ethyl adjacent to an activating group) is 1. The molecule has 1 N–H and O–H groups in total. The lowest BCUT2D eigenvalue weighted by Gasteiger charge is -2.33. The molecule has 1 unspecified atom stereocenters. The van der Waals surface area contributed by atoms with E-state index < -0.39 is 6.10 Å². The number of aliphatic hydroxyl groups is 1. The van der Waals surface area contributed by atoms with Crippen molar-refractivity contribution in [2.75, 3.05) is 39.8 Å². The van der Waals surface area contributed by atoms with E-state index in [2.05, 4.69) is 16.8 Å². The molecule has 1 aliphatic rings. The molecular formula is C22H23Cl2N3O. The smallest absolute Gasteiger partial charge is 0.0924 e. The van der Waals surface area contributed by atoms with Gasteiger partial charge >= 0.3 is 0 Å². The van der Waals surface area contributed by atoms with Crippen molar-refractivity contribution in [1.82, 2.24) is 14.8 Å². The number of hydrogen-bond donors (Lipinski definition) is 1. The summed E-state index contributed by atoms with van der Waals surface area (Å²) >= 11 is 12.2. The fourth-order valence-electron chi connectivity index (χ4n) is 3.65. The number of benzene rings is 2. The van der Waals surface area contributed by atoms with Gasteiger partial charge in [-0.15, -0.1) is 0 Å². The third kappa shape index (κ3) is 4.32. The Kier molecular flexibility index (Phi) is 5.85. The normalized spacial score (nSPS) is 17.1. The molecule has 146 valence electrons. The van der Waals surface area contributed by atoms with Gasteiger partial charge in [-0.1, -0.05) is 41.4 Å². The first-order valence-corrected chi connectivity index (χ1v) is 10.2. The zero-order chi connectivity index (χ0) is 19.7. The number of fused-ring (bicyclic) bond motifs is 1. The molecule has 2 aromatic carbocycles. The van der Waals surface area contributed by atoms with E-state index in [9.17, 15) is 5.11 Å². The average molecular weight is 416 g/mol. The monoisotopic (exact) mass is 415 g/mol. The minimum Gasteiger partial charge on any atom is -0.387 e. The van der Waals surface area contributed by atoms with Gasteiger partial charge in [-0.05, 0) is 42.9 Å². The second-order valence-electron chi connectivity index (χ2n) is 7.38. The van der Waals surface area contributed by atoms with Crippen LogP contribution in [0.15, 0.2) is 48.5 Å². The van der Waals surface area contributed by atoms with Crippen LogP contribution in [0.4, 0.5) is 0 Å². The summed E-state index contributed by atoms with van der Waals surface area (Å²) in [5.41, 5.74) is 3.43. The van der Waals surface area contributed by atoms with Crippen LogP contribution in [-0.4, -0.2) is 59.7 Å². The van der Waals surface area contributed by atoms with E-state index in [0.29, 0.717) is 16.6 Å². The molecule has 1 aliphatic heterocycles. The van der Waals surface area contributed by atoms with Crippen LogP contribution in [0.3, 0.4) is 0 Å². The van der Waals surface area contributed by atoms with Crippen LogP contribution in [0.2, 0.25) is 10.0 Å². The summed E-state index contributed by atoms with van der Waals surface area (Å²) in [4.78, 5) is 9.40. The van der Waals surface area contributed by atoms with Crippen LogP contribution in [-0.2, 0) is 0 Å². The maximum absolute atomic E-state index is 11.1. The minimum atomic E-state index is -0.596. The van der Waals surface area contributed by atoms with Gasteiger partial charge < -0.3 is 10.0 Å². The van der Waals surface area contributed by atoms with Crippen LogP contribution >= 0.6 is 23.2 Å². The molecule has 0 amide bonds. The second kappa shape index (κ2) is 8.36. The third-order valence-electron chi connectivity index (χ3n) is 5.33. The van der Waals surface area contributed by atoms with E-state index in [1.165, 1.54) is 0 Å². The van der Waals surface area contributed by atoms with Crippen molar-refractivity contribution in [2.24, 2.45) is 0 Å². The van der Waals surface area contributed by atoms with Crippen molar-refractivity contribution < 1.29 is 5.11 Å². The second-order valence-corrected chi connectivity index (χ2v) is 8.26. The van der Waals surface area contributed by atoms with E-state index in [4.69, 9.17) is 28.2 Å². The lowest BCUT2D eigenvalue weighted by molar-refractivity contribution is 0.0812. The number of aromatic nitrogens is 1. The number of nitrogens with zero attached hydrogens (tertiary/aromatic N) is 3. The molecule has 0 spiro atoms. The average Bonchev–Trinajstić information content (AvgIpc) is 2.69. The van der Waals surface area contributed by atoms with Gasteiger partial charge in [0.2, 0.25) is 0 Å². The van der Waals surface area contributed by atoms with Crippen molar-refractivity contribution in [3.05, 3.63) is 64.1 Å². The van der Waals surface area contributed by atoms with Crippen LogP contribution in [0.1, 0.15) is 11.7 Å². The lowest BCUT2D eigenvalue weighted by Crippen LogP contribution is -2.45. The first-order valence-electron chi connectivity index (χ1n) is 9.45. The van der Waals surface area contributed by atoms with E-state index in [1.807, 2.05) is 48.5 Å². The molecule has 0 saturated carbocycles. The summed E-state index contributed by atoms with van der Waals surface area (Å²) in [6.07, 6.45) is -0.596. The van der Waals surface area contributed by atoms with E-state index in [1.54, 1.807) is 0 Å². The minimum absolute atomic E-state index is 0.596. The molecule has 3 aromatic rings. The molecule has 1 fully saturated rings. The maximum Gasteiger partial charge on any atom is 0.0924 e. The molecule has 0 radical (unpaired) electrons. The first-order chi connectivity index (χ1) is 13.5. The van der Waals surface area contributed by atoms with Gasteiger partial charge in [0.25, 0.3) is 0 Å². The molecule has 28 heavy (non-hydrogen) atoms. The number of β-amino-alcohol motifs (C(OH)–C–C–N with tert-alkyl or cyclic N) is 1. The molecular weight excluding hydrogens is 393 g/mol. The fraction of sp³-hybridized carbons (Fsp3) is 0.318. The maximum atomic E-state index is 11.1. The Morgan fingerprint density at radius 2 is 1.64 bits per heavy atom. The van der Waals surface area contributed by atoms with Crippen molar-refractivity contribution in [3.63, 3.8) is 0 Å². The third-order valence-corrected chi connectivity index (χ3v) is 5.82. The van der Waals surface area contributed by atoms with Crippen molar-refractivity contribution in [1.29, 1.82) is 0 Å². The zero-order valence-electron chi connectivity index (χ0n) is 15.8. The Balaban J connectivity index is 1.71. The summed E-state index contributed by atoms with van der Waals surface area (Å²) in [5, 5.41) is 13.3. The SMILES string of the molecule is CN1CCN(CC(O)c2cc(-c3ccc(Cl)cc3)nc3cc(Cl)ccc23)CC1. The highest BCUT2D eigenvalue weighted by Crippen LogP contribution is 2.31. The van der Waals surface area contributed by atoms with Crippen LogP contribution in [0.25, 0.3) is 22.2 Å². The molecule has 1 aromatic heterocycles. The Bertz CT molecular complexity index is 969. The van der Waals surface area contributed by atoms with Crippen LogP contribution in [0, 0.1) is 0 Å². The van der Waals surface area contributed by atoms with Crippen molar-refractivity contribution in [2.45, 2.75) is 6.10 Å². The standard InChI is InChI=1S/C22H23Cl2N3O/c1-26-8-10-27(11-9-26)14-22(28)19-13-20(15-2-4-16(23)5-3-15)25-21-12-17(24)6-7-18(19)21/h2-7,12-13,22,28H,8-11,14H2,1H3. The molecule has 1 atom stereocenters. The summed E-state index contributed by atoms with van der Waals surface area (Å²) in [6.45, 7) is 4.58. The Labute approximate surface area is 175 Å². The number of piperazine rings is 1. The lowest BCUT2D eigenvalue weighted by atomic mass is 9.99. The number of aliphatic hydroxyl groups excluding tert-OH is 1. The molecule has 0 bridgehead atoms. The summed E-state index contributed by atoms with van der Waals surface area (Å²) < 4.78 is 0. The molecule has 6 heteroatoms. The summed E-state index contributed by atoms with van der Waals surface area (Å²) in [5.74, 6) is 0. The molecule has 0 aliphatic carbocycles. The summed E-state index contributed by atoms with van der Waals surface area (Å²) in [6, 6.07) is 15.2. The number of halogens is 2. The van der Waals surface area contributed by atoms with Crippen LogP contribution < -0.4 is 0 Å². The van der Waals surface area contributed by atoms with Crippen LogP contribution in [0.5, 0.6) is 0 Å². The predicted molar refractivity (Wildman–Crippen MR) is 116 cm³/mol. The van der Waals surface area contributed by atoms with Gasteiger partial charge in [0.15, 0.2) is 0 Å². The Morgan fingerprint density at radius 1 is 0.964 bits per heavy atom. The highest BCUT2D eigenvalue weighted by molar-refractivity contribution is 6.31. The first kappa shape index (κ1) is 19.6. The van der Waals surface area contributed by atoms with E-state index >= 15 is 0 Å². The highest BCUT2D eigenvalue weighted by atomic mass is 35.5. The van der Waals surface area contributed by atoms with E-state index in [0.717, 1.165) is 53.9 Å². The largest absolute Gasteiger partial charge is 0.387 e. The van der Waals surface area contributed by atoms with Gasteiger partial charge in [0.1, 0.15) is 0 Å². The van der Waals surface area contributed by atoms with Gasteiger partial charge in [-0.3, -0.25) is 4.90 Å². The zero-order valence-corrected chi connectivity index (χ0v) is 17.3. The van der Waals surface area contributed by atoms with Gasteiger partial charge in [-0.25, -0.2) is 4.98 Å². The molecule has 2 heterocycles. The Morgan fingerprint density at radius 3 is 2.36 bits per heavy atom. The molecule has 4 rings (SSSR count). The Hall–Kier alpha value is -1.69. The highest BCUT2D eigenvalue weighted by Gasteiger charge is 2.20. The van der Waals surface area contributed by atoms with Crippen molar-refractivity contribution in [3.8, 4) is 11.3 Å². The van der Waals surface area contributed by atoms with Gasteiger partial charge in [0.05, 0.1) is 17.3 Å². The quantitative estimate of drug-likeness (QED) is 0.681. The number of pyridine rings is 1. The molecule has 4 nitrogen and oxygen atoms in total. The number of rotatable bonds is 4. The topological polar surface area (TPSA) is 39.6 Å².